The van der Waals surface area contributed by atoms with Gasteiger partial charge in [0.05, 0.1) is 0 Å². The molecule has 1 aliphatic carbocycles. The monoisotopic (exact) mass is 290 g/mol. The van der Waals surface area contributed by atoms with Crippen LogP contribution in [0.4, 0.5) is 5.13 Å². The average Bonchev–Trinajstić information content (AvgIpc) is 3.10. The van der Waals surface area contributed by atoms with Crippen LogP contribution in [0.1, 0.15) is 37.9 Å². The molecule has 0 unspecified atom stereocenters. The molecule has 2 aromatic heterocycles. The van der Waals surface area contributed by atoms with E-state index in [1.165, 1.54) is 37.0 Å². The summed E-state index contributed by atoms with van der Waals surface area (Å²) in [5.74, 6) is 2.24. The molecule has 1 aliphatic rings. The van der Waals surface area contributed by atoms with E-state index in [9.17, 15) is 4.79 Å². The Bertz CT molecular complexity index is 597. The predicted molar refractivity (Wildman–Crippen MR) is 79.8 cm³/mol. The second-order valence-corrected chi connectivity index (χ2v) is 6.21. The number of nitrogens with one attached hydrogen (secondary N) is 1. The number of hydrogen-bond donors (Lipinski definition) is 1. The summed E-state index contributed by atoms with van der Waals surface area (Å²) < 4.78 is 5.53. The molecule has 0 saturated heterocycles. The van der Waals surface area contributed by atoms with Crippen molar-refractivity contribution < 1.29 is 9.21 Å². The minimum absolute atomic E-state index is 0.0772. The van der Waals surface area contributed by atoms with Gasteiger partial charge in [-0.25, -0.2) is 4.98 Å². The molecule has 1 N–H and O–H groups in total. The fraction of sp³-hybridized carbons (Fsp3) is 0.467. The molecule has 106 valence electrons. The molecule has 5 heteroatoms. The van der Waals surface area contributed by atoms with Crippen molar-refractivity contribution in [2.24, 2.45) is 5.92 Å². The first kappa shape index (κ1) is 13.4. The summed E-state index contributed by atoms with van der Waals surface area (Å²) in [7, 11) is 0. The van der Waals surface area contributed by atoms with E-state index in [-0.39, 0.29) is 5.91 Å². The Hall–Kier alpha value is -1.62. The lowest BCUT2D eigenvalue weighted by atomic mass is 10.0. The third-order valence-corrected chi connectivity index (χ3v) is 4.45. The topological polar surface area (TPSA) is 55.1 Å². The van der Waals surface area contributed by atoms with Gasteiger partial charge in [-0.05, 0) is 37.8 Å². The quantitative estimate of drug-likeness (QED) is 0.916. The summed E-state index contributed by atoms with van der Waals surface area (Å²) in [6.07, 6.45) is 5.51. The van der Waals surface area contributed by atoms with Crippen molar-refractivity contribution in [3.8, 4) is 11.5 Å². The van der Waals surface area contributed by atoms with E-state index < -0.39 is 0 Å². The highest BCUT2D eigenvalue weighted by atomic mass is 32.1. The third-order valence-electron chi connectivity index (χ3n) is 3.69. The third kappa shape index (κ3) is 3.10. The molecule has 0 aliphatic heterocycles. The van der Waals surface area contributed by atoms with Crippen LogP contribution in [-0.2, 0) is 4.79 Å². The maximum Gasteiger partial charge on any atom is 0.226 e. The Labute approximate surface area is 122 Å². The van der Waals surface area contributed by atoms with Gasteiger partial charge in [0.2, 0.25) is 5.91 Å². The summed E-state index contributed by atoms with van der Waals surface area (Å²) in [6, 6.07) is 3.81. The van der Waals surface area contributed by atoms with Gasteiger partial charge in [-0.3, -0.25) is 4.79 Å². The van der Waals surface area contributed by atoms with Gasteiger partial charge in [0, 0.05) is 11.8 Å². The van der Waals surface area contributed by atoms with Gasteiger partial charge in [-0.15, -0.1) is 11.3 Å². The Morgan fingerprint density at radius 3 is 2.95 bits per heavy atom. The number of amides is 1. The molecule has 3 rings (SSSR count). The normalized spacial score (nSPS) is 15.7. The maximum absolute atomic E-state index is 12.0. The highest BCUT2D eigenvalue weighted by molar-refractivity contribution is 7.14. The van der Waals surface area contributed by atoms with Gasteiger partial charge in [0.25, 0.3) is 0 Å². The van der Waals surface area contributed by atoms with Crippen LogP contribution in [0.3, 0.4) is 0 Å². The van der Waals surface area contributed by atoms with E-state index >= 15 is 0 Å². The van der Waals surface area contributed by atoms with Gasteiger partial charge >= 0.3 is 0 Å². The number of anilines is 1. The zero-order valence-electron chi connectivity index (χ0n) is 11.5. The molecular weight excluding hydrogens is 272 g/mol. The van der Waals surface area contributed by atoms with Gasteiger partial charge in [0.15, 0.2) is 10.9 Å². The molecule has 1 amide bonds. The number of hydrogen-bond acceptors (Lipinski definition) is 4. The molecule has 0 spiro atoms. The second kappa shape index (κ2) is 5.79. The molecule has 4 nitrogen and oxygen atoms in total. The van der Waals surface area contributed by atoms with Crippen molar-refractivity contribution in [3.63, 3.8) is 0 Å². The molecule has 2 aromatic rings. The summed E-state index contributed by atoms with van der Waals surface area (Å²) in [5, 5.41) is 5.45. The number of furan rings is 1. The fourth-order valence-electron chi connectivity index (χ4n) is 2.66. The van der Waals surface area contributed by atoms with E-state index in [1.807, 2.05) is 24.4 Å². The smallest absolute Gasteiger partial charge is 0.226 e. The Kier molecular flexibility index (Phi) is 3.87. The van der Waals surface area contributed by atoms with Crippen LogP contribution in [0, 0.1) is 12.8 Å². The molecule has 2 heterocycles. The molecule has 1 fully saturated rings. The van der Waals surface area contributed by atoms with Crippen molar-refractivity contribution in [1.29, 1.82) is 0 Å². The summed E-state index contributed by atoms with van der Waals surface area (Å²) in [4.78, 5) is 16.4. The van der Waals surface area contributed by atoms with Gasteiger partial charge in [-0.1, -0.05) is 12.8 Å². The van der Waals surface area contributed by atoms with E-state index in [0.29, 0.717) is 17.5 Å². The zero-order valence-corrected chi connectivity index (χ0v) is 12.3. The van der Waals surface area contributed by atoms with Crippen molar-refractivity contribution in [3.05, 3.63) is 23.3 Å². The largest absolute Gasteiger partial charge is 0.460 e. The van der Waals surface area contributed by atoms with Gasteiger partial charge in [0.1, 0.15) is 11.5 Å². The van der Waals surface area contributed by atoms with Crippen molar-refractivity contribution in [2.75, 3.05) is 5.32 Å². The maximum atomic E-state index is 12.0. The number of aromatic nitrogens is 1. The van der Waals surface area contributed by atoms with E-state index in [1.54, 1.807) is 0 Å². The first-order chi connectivity index (χ1) is 9.70. The molecule has 0 aromatic carbocycles. The molecule has 0 atom stereocenters. The number of nitrogens with zero attached hydrogens (tertiary/aromatic N) is 1. The number of carbonyl (C=O) groups is 1. The summed E-state index contributed by atoms with van der Waals surface area (Å²) >= 11 is 1.44. The molecule has 0 bridgehead atoms. The van der Waals surface area contributed by atoms with E-state index in [0.717, 1.165) is 17.2 Å². The van der Waals surface area contributed by atoms with Gasteiger partial charge in [-0.2, -0.15) is 0 Å². The van der Waals surface area contributed by atoms with Crippen LogP contribution in [0.25, 0.3) is 11.5 Å². The predicted octanol–water partition coefficient (Wildman–Crippen LogP) is 4.23. The molecule has 20 heavy (non-hydrogen) atoms. The Balaban J connectivity index is 1.60. The average molecular weight is 290 g/mol. The van der Waals surface area contributed by atoms with E-state index in [2.05, 4.69) is 10.3 Å². The first-order valence-corrected chi connectivity index (χ1v) is 7.91. The standard InChI is InChI=1S/C15H18N2O2S/c1-10-6-7-13(19-10)12-9-20-15(16-12)17-14(18)8-11-4-2-3-5-11/h6-7,9,11H,2-5,8H2,1H3,(H,16,17,18). The molecular formula is C15H18N2O2S. The van der Waals surface area contributed by atoms with Crippen molar-refractivity contribution in [1.82, 2.24) is 4.98 Å². The zero-order chi connectivity index (χ0) is 13.9. The van der Waals surface area contributed by atoms with Crippen LogP contribution in [0.5, 0.6) is 0 Å². The van der Waals surface area contributed by atoms with Crippen molar-refractivity contribution in [2.45, 2.75) is 39.0 Å². The van der Waals surface area contributed by atoms with Crippen molar-refractivity contribution >= 4 is 22.4 Å². The number of carbonyl (C=O) groups excluding carboxylic acids is 1. The summed E-state index contributed by atoms with van der Waals surface area (Å²) in [5.41, 5.74) is 0.777. The minimum Gasteiger partial charge on any atom is -0.460 e. The lowest BCUT2D eigenvalue weighted by molar-refractivity contribution is -0.117. The first-order valence-electron chi connectivity index (χ1n) is 7.03. The van der Waals surface area contributed by atoms with Crippen LogP contribution >= 0.6 is 11.3 Å². The fourth-order valence-corrected chi connectivity index (χ4v) is 3.38. The highest BCUT2D eigenvalue weighted by Crippen LogP contribution is 2.29. The minimum atomic E-state index is 0.0772. The number of rotatable bonds is 4. The molecule has 1 saturated carbocycles. The van der Waals surface area contributed by atoms with Crippen LogP contribution in [0.15, 0.2) is 21.9 Å². The second-order valence-electron chi connectivity index (χ2n) is 5.35. The van der Waals surface area contributed by atoms with Crippen LogP contribution < -0.4 is 5.32 Å². The highest BCUT2D eigenvalue weighted by Gasteiger charge is 2.19. The Morgan fingerprint density at radius 1 is 1.45 bits per heavy atom. The molecule has 0 radical (unpaired) electrons. The summed E-state index contributed by atoms with van der Waals surface area (Å²) in [6.45, 7) is 1.90. The lowest BCUT2D eigenvalue weighted by Gasteiger charge is -2.07. The SMILES string of the molecule is Cc1ccc(-c2csc(NC(=O)CC3CCCC3)n2)o1. The van der Waals surface area contributed by atoms with Gasteiger partial charge < -0.3 is 9.73 Å². The number of aryl methyl sites for hydroxylation is 1. The lowest BCUT2D eigenvalue weighted by Crippen LogP contribution is -2.14. The van der Waals surface area contributed by atoms with Crippen LogP contribution in [-0.4, -0.2) is 10.9 Å². The van der Waals surface area contributed by atoms with Crippen LogP contribution in [0.2, 0.25) is 0 Å². The Morgan fingerprint density at radius 2 is 2.25 bits per heavy atom. The number of thiazole rings is 1. The van der Waals surface area contributed by atoms with E-state index in [4.69, 9.17) is 4.42 Å².